The molecule has 0 unspecified atom stereocenters. The zero-order valence-corrected chi connectivity index (χ0v) is 14.1. The van der Waals surface area contributed by atoms with E-state index in [1.54, 1.807) is 15.9 Å². The van der Waals surface area contributed by atoms with Crippen LogP contribution in [-0.2, 0) is 4.79 Å². The van der Waals surface area contributed by atoms with Crippen LogP contribution in [0, 0.1) is 12.8 Å². The highest BCUT2D eigenvalue weighted by molar-refractivity contribution is 5.92. The predicted molar refractivity (Wildman–Crippen MR) is 88.3 cm³/mol. The van der Waals surface area contributed by atoms with Gasteiger partial charge in [-0.1, -0.05) is 13.8 Å². The third-order valence-corrected chi connectivity index (χ3v) is 3.83. The molecule has 7 nitrogen and oxygen atoms in total. The summed E-state index contributed by atoms with van der Waals surface area (Å²) in [6.07, 6.45) is 1.85. The van der Waals surface area contributed by atoms with E-state index in [0.29, 0.717) is 43.7 Å². The average molecular weight is 319 g/mol. The second kappa shape index (κ2) is 7.89. The number of hydrogen-bond donors (Lipinski definition) is 1. The standard InChI is InChI=1S/C16H25N5O2/c1-12(2)4-5-17-16-18-13(3)10-14(19-16)15(23)21-8-6-20(11-22)7-9-21/h10-12H,4-9H2,1-3H3,(H,17,18,19). The Morgan fingerprint density at radius 1 is 1.30 bits per heavy atom. The fourth-order valence-corrected chi connectivity index (χ4v) is 2.42. The first-order valence-electron chi connectivity index (χ1n) is 8.07. The van der Waals surface area contributed by atoms with E-state index in [9.17, 15) is 9.59 Å². The molecule has 0 bridgehead atoms. The number of carbonyl (C=O) groups is 2. The van der Waals surface area contributed by atoms with Gasteiger partial charge in [0.1, 0.15) is 5.69 Å². The van der Waals surface area contributed by atoms with Crippen LogP contribution in [0.4, 0.5) is 5.95 Å². The molecule has 1 saturated heterocycles. The highest BCUT2D eigenvalue weighted by Crippen LogP contribution is 2.11. The van der Waals surface area contributed by atoms with Crippen molar-refractivity contribution in [2.75, 3.05) is 38.0 Å². The van der Waals surface area contributed by atoms with Crippen molar-refractivity contribution in [3.63, 3.8) is 0 Å². The van der Waals surface area contributed by atoms with Gasteiger partial charge in [0, 0.05) is 38.4 Å². The maximum absolute atomic E-state index is 12.6. The first-order valence-corrected chi connectivity index (χ1v) is 8.07. The summed E-state index contributed by atoms with van der Waals surface area (Å²) in [5, 5.41) is 3.18. The topological polar surface area (TPSA) is 78.4 Å². The Morgan fingerprint density at radius 3 is 2.61 bits per heavy atom. The number of aromatic nitrogens is 2. The lowest BCUT2D eigenvalue weighted by atomic mass is 10.1. The van der Waals surface area contributed by atoms with Crippen molar-refractivity contribution >= 4 is 18.3 Å². The van der Waals surface area contributed by atoms with Gasteiger partial charge in [0.25, 0.3) is 5.91 Å². The molecular formula is C16H25N5O2. The number of amides is 2. The van der Waals surface area contributed by atoms with Gasteiger partial charge in [0.15, 0.2) is 0 Å². The molecule has 0 saturated carbocycles. The SMILES string of the molecule is Cc1cc(C(=O)N2CCN(C=O)CC2)nc(NCCC(C)C)n1. The van der Waals surface area contributed by atoms with E-state index in [0.717, 1.165) is 25.1 Å². The van der Waals surface area contributed by atoms with E-state index in [1.807, 2.05) is 6.92 Å². The first kappa shape index (κ1) is 17.2. The van der Waals surface area contributed by atoms with Gasteiger partial charge in [-0.3, -0.25) is 9.59 Å². The van der Waals surface area contributed by atoms with Crippen LogP contribution in [0.25, 0.3) is 0 Å². The number of hydrogen-bond acceptors (Lipinski definition) is 5. The van der Waals surface area contributed by atoms with Gasteiger partial charge < -0.3 is 15.1 Å². The van der Waals surface area contributed by atoms with Crippen LogP contribution in [0.3, 0.4) is 0 Å². The largest absolute Gasteiger partial charge is 0.354 e. The molecule has 2 heterocycles. The smallest absolute Gasteiger partial charge is 0.272 e. The Morgan fingerprint density at radius 2 is 2.00 bits per heavy atom. The lowest BCUT2D eigenvalue weighted by Gasteiger charge is -2.32. The molecule has 1 aromatic heterocycles. The first-order chi connectivity index (χ1) is 11.0. The van der Waals surface area contributed by atoms with Crippen molar-refractivity contribution in [3.05, 3.63) is 17.5 Å². The van der Waals surface area contributed by atoms with Gasteiger partial charge in [-0.2, -0.15) is 0 Å². The maximum Gasteiger partial charge on any atom is 0.272 e. The molecule has 0 aromatic carbocycles. The summed E-state index contributed by atoms with van der Waals surface area (Å²) in [6, 6.07) is 1.71. The Labute approximate surface area is 137 Å². The molecule has 0 atom stereocenters. The molecule has 1 aromatic rings. The summed E-state index contributed by atoms with van der Waals surface area (Å²) in [5.41, 5.74) is 1.17. The average Bonchev–Trinajstić information content (AvgIpc) is 2.53. The molecule has 1 fully saturated rings. The number of nitrogens with zero attached hydrogens (tertiary/aromatic N) is 4. The van der Waals surface area contributed by atoms with Crippen molar-refractivity contribution < 1.29 is 9.59 Å². The quantitative estimate of drug-likeness (QED) is 0.796. The van der Waals surface area contributed by atoms with Crippen molar-refractivity contribution in [1.29, 1.82) is 0 Å². The normalized spacial score (nSPS) is 15.0. The lowest BCUT2D eigenvalue weighted by molar-refractivity contribution is -0.119. The third kappa shape index (κ3) is 4.91. The highest BCUT2D eigenvalue weighted by Gasteiger charge is 2.23. The zero-order chi connectivity index (χ0) is 16.8. The Kier molecular flexibility index (Phi) is 5.90. The molecule has 1 aliphatic heterocycles. The predicted octanol–water partition coefficient (Wildman–Crippen LogP) is 1.16. The molecule has 126 valence electrons. The maximum atomic E-state index is 12.6. The summed E-state index contributed by atoms with van der Waals surface area (Å²) in [4.78, 5) is 35.4. The van der Waals surface area contributed by atoms with E-state index < -0.39 is 0 Å². The molecule has 0 aliphatic carbocycles. The van der Waals surface area contributed by atoms with Gasteiger partial charge in [-0.25, -0.2) is 9.97 Å². The fourth-order valence-electron chi connectivity index (χ4n) is 2.42. The minimum atomic E-state index is -0.104. The van der Waals surface area contributed by atoms with Crippen molar-refractivity contribution in [2.45, 2.75) is 27.2 Å². The zero-order valence-electron chi connectivity index (χ0n) is 14.1. The van der Waals surface area contributed by atoms with Crippen molar-refractivity contribution in [2.24, 2.45) is 5.92 Å². The molecule has 1 N–H and O–H groups in total. The minimum absolute atomic E-state index is 0.104. The Balaban J connectivity index is 2.02. The molecule has 7 heteroatoms. The number of piperazine rings is 1. The number of carbonyl (C=O) groups excluding carboxylic acids is 2. The number of rotatable bonds is 6. The monoisotopic (exact) mass is 319 g/mol. The van der Waals surface area contributed by atoms with Gasteiger partial charge in [-0.05, 0) is 25.3 Å². The van der Waals surface area contributed by atoms with Crippen molar-refractivity contribution in [1.82, 2.24) is 19.8 Å². The van der Waals surface area contributed by atoms with E-state index >= 15 is 0 Å². The minimum Gasteiger partial charge on any atom is -0.354 e. The summed E-state index contributed by atoms with van der Waals surface area (Å²) >= 11 is 0. The van der Waals surface area contributed by atoms with E-state index in [2.05, 4.69) is 29.1 Å². The molecule has 23 heavy (non-hydrogen) atoms. The molecule has 1 aliphatic rings. The summed E-state index contributed by atoms with van der Waals surface area (Å²) in [7, 11) is 0. The molecule has 2 rings (SSSR count). The van der Waals surface area contributed by atoms with Gasteiger partial charge in [0.05, 0.1) is 0 Å². The number of aryl methyl sites for hydroxylation is 1. The third-order valence-electron chi connectivity index (χ3n) is 3.83. The molecule has 0 radical (unpaired) electrons. The van der Waals surface area contributed by atoms with Crippen LogP contribution < -0.4 is 5.32 Å². The van der Waals surface area contributed by atoms with Crippen LogP contribution >= 0.6 is 0 Å². The van der Waals surface area contributed by atoms with E-state index in [4.69, 9.17) is 0 Å². The van der Waals surface area contributed by atoms with Gasteiger partial charge in [-0.15, -0.1) is 0 Å². The van der Waals surface area contributed by atoms with Crippen LogP contribution in [0.1, 0.15) is 36.5 Å². The van der Waals surface area contributed by atoms with Crippen LogP contribution in [0.2, 0.25) is 0 Å². The summed E-state index contributed by atoms with van der Waals surface area (Å²) < 4.78 is 0. The summed E-state index contributed by atoms with van der Waals surface area (Å²) in [6.45, 7) is 9.17. The summed E-state index contributed by atoms with van der Waals surface area (Å²) in [5.74, 6) is 0.996. The van der Waals surface area contributed by atoms with Crippen molar-refractivity contribution in [3.8, 4) is 0 Å². The van der Waals surface area contributed by atoms with Crippen LogP contribution in [0.5, 0.6) is 0 Å². The van der Waals surface area contributed by atoms with Crippen LogP contribution in [-0.4, -0.2) is 64.8 Å². The number of anilines is 1. The second-order valence-electron chi connectivity index (χ2n) is 6.26. The van der Waals surface area contributed by atoms with Gasteiger partial charge in [0.2, 0.25) is 12.4 Å². The molecular weight excluding hydrogens is 294 g/mol. The van der Waals surface area contributed by atoms with Gasteiger partial charge >= 0.3 is 0 Å². The number of nitrogens with one attached hydrogen (secondary N) is 1. The second-order valence-corrected chi connectivity index (χ2v) is 6.26. The lowest BCUT2D eigenvalue weighted by Crippen LogP contribution is -2.48. The highest BCUT2D eigenvalue weighted by atomic mass is 16.2. The van der Waals surface area contributed by atoms with Crippen LogP contribution in [0.15, 0.2) is 6.07 Å². The fraction of sp³-hybridized carbons (Fsp3) is 0.625. The molecule has 2 amide bonds. The van der Waals surface area contributed by atoms with E-state index in [1.165, 1.54) is 0 Å². The Bertz CT molecular complexity index is 553. The molecule has 0 spiro atoms. The Hall–Kier alpha value is -2.18. The van der Waals surface area contributed by atoms with E-state index in [-0.39, 0.29) is 5.91 Å².